The lowest BCUT2D eigenvalue weighted by Gasteiger charge is -2.25. The number of benzene rings is 2. The van der Waals surface area contributed by atoms with Crippen LogP contribution >= 0.6 is 0 Å². The number of hydrogen-bond donors (Lipinski definition) is 1. The number of hydrogen-bond acceptors (Lipinski definition) is 3. The van der Waals surface area contributed by atoms with Gasteiger partial charge in [0.2, 0.25) is 0 Å². The van der Waals surface area contributed by atoms with Crippen molar-refractivity contribution in [3.63, 3.8) is 0 Å². The van der Waals surface area contributed by atoms with Crippen LogP contribution in [0.25, 0.3) is 0 Å². The molecule has 6 heteroatoms. The summed E-state index contributed by atoms with van der Waals surface area (Å²) in [5, 5.41) is 18.7. The molecule has 0 saturated carbocycles. The normalized spacial score (nSPS) is 21.0. The fraction of sp³-hybridized carbons (Fsp3) is 0.278. The summed E-state index contributed by atoms with van der Waals surface area (Å²) in [6.07, 6.45) is -0.389. The number of nitriles is 1. The predicted octanol–water partition coefficient (Wildman–Crippen LogP) is 3.28. The van der Waals surface area contributed by atoms with Crippen LogP contribution in [0.5, 0.6) is 0 Å². The fourth-order valence-corrected chi connectivity index (χ4v) is 3.13. The molecule has 24 heavy (non-hydrogen) atoms. The summed E-state index contributed by atoms with van der Waals surface area (Å²) in [6.45, 7) is 0.544. The SMILES string of the molecule is N#Cc1ccc(CN2C[C@@H](O)C[C@@H]2c2cc(F)ccc2F)cc1F. The maximum atomic E-state index is 14.1. The molecular weight excluding hydrogens is 317 g/mol. The van der Waals surface area contributed by atoms with E-state index < -0.39 is 29.6 Å². The van der Waals surface area contributed by atoms with E-state index in [0.29, 0.717) is 5.56 Å². The topological polar surface area (TPSA) is 47.3 Å². The fourth-order valence-electron chi connectivity index (χ4n) is 3.13. The molecule has 3 rings (SSSR count). The number of aliphatic hydroxyl groups is 1. The highest BCUT2D eigenvalue weighted by molar-refractivity contribution is 5.33. The predicted molar refractivity (Wildman–Crippen MR) is 81.2 cm³/mol. The molecule has 0 aromatic heterocycles. The molecule has 1 aliphatic rings. The van der Waals surface area contributed by atoms with Gasteiger partial charge in [-0.05, 0) is 42.3 Å². The van der Waals surface area contributed by atoms with E-state index in [-0.39, 0.29) is 30.6 Å². The Morgan fingerprint density at radius 1 is 1.12 bits per heavy atom. The van der Waals surface area contributed by atoms with Gasteiger partial charge in [-0.15, -0.1) is 0 Å². The number of halogens is 3. The van der Waals surface area contributed by atoms with Gasteiger partial charge in [-0.25, -0.2) is 13.2 Å². The summed E-state index contributed by atoms with van der Waals surface area (Å²) in [6, 6.07) is 8.75. The second-order valence-corrected chi connectivity index (χ2v) is 5.93. The van der Waals surface area contributed by atoms with Crippen LogP contribution in [0.4, 0.5) is 13.2 Å². The van der Waals surface area contributed by atoms with Crippen LogP contribution in [0, 0.1) is 28.8 Å². The van der Waals surface area contributed by atoms with E-state index in [0.717, 1.165) is 18.2 Å². The number of aliphatic hydroxyl groups excluding tert-OH is 1. The second kappa shape index (κ2) is 6.63. The highest BCUT2D eigenvalue weighted by Gasteiger charge is 2.33. The van der Waals surface area contributed by atoms with E-state index in [9.17, 15) is 18.3 Å². The van der Waals surface area contributed by atoms with Gasteiger partial charge < -0.3 is 5.11 Å². The lowest BCUT2D eigenvalue weighted by atomic mass is 10.0. The molecule has 124 valence electrons. The van der Waals surface area contributed by atoms with Crippen LogP contribution in [0.2, 0.25) is 0 Å². The summed E-state index contributed by atoms with van der Waals surface area (Å²) in [4.78, 5) is 1.78. The molecule has 0 spiro atoms. The van der Waals surface area contributed by atoms with Crippen molar-refractivity contribution in [2.24, 2.45) is 0 Å². The molecule has 1 N–H and O–H groups in total. The van der Waals surface area contributed by atoms with Crippen LogP contribution < -0.4 is 0 Å². The molecule has 3 nitrogen and oxygen atoms in total. The highest BCUT2D eigenvalue weighted by atomic mass is 19.1. The number of β-amino-alcohol motifs (C(OH)–C–C–N with tert-alkyl or cyclic N) is 1. The largest absolute Gasteiger partial charge is 0.392 e. The Morgan fingerprint density at radius 3 is 2.62 bits per heavy atom. The first-order valence-electron chi connectivity index (χ1n) is 7.53. The number of likely N-dealkylation sites (tertiary alicyclic amines) is 1. The summed E-state index contributed by atoms with van der Waals surface area (Å²) in [7, 11) is 0. The molecule has 1 saturated heterocycles. The van der Waals surface area contributed by atoms with Gasteiger partial charge in [-0.3, -0.25) is 4.90 Å². The van der Waals surface area contributed by atoms with Crippen LogP contribution in [-0.2, 0) is 6.54 Å². The maximum absolute atomic E-state index is 14.1. The van der Waals surface area contributed by atoms with Gasteiger partial charge in [0, 0.05) is 24.7 Å². The molecule has 0 bridgehead atoms. The zero-order chi connectivity index (χ0) is 17.3. The lowest BCUT2D eigenvalue weighted by Crippen LogP contribution is -2.25. The molecule has 0 radical (unpaired) electrons. The van der Waals surface area contributed by atoms with Crippen molar-refractivity contribution in [1.29, 1.82) is 5.26 Å². The van der Waals surface area contributed by atoms with Gasteiger partial charge in [0.25, 0.3) is 0 Å². The van der Waals surface area contributed by atoms with Gasteiger partial charge in [-0.1, -0.05) is 6.07 Å². The average Bonchev–Trinajstić information content (AvgIpc) is 2.90. The molecular formula is C18H15F3N2O. The Kier molecular flexibility index (Phi) is 4.56. The van der Waals surface area contributed by atoms with E-state index in [1.165, 1.54) is 12.1 Å². The molecule has 0 aliphatic carbocycles. The Labute approximate surface area is 137 Å². The van der Waals surface area contributed by atoms with Crippen molar-refractivity contribution in [2.75, 3.05) is 6.54 Å². The van der Waals surface area contributed by atoms with Gasteiger partial charge in [0.1, 0.15) is 23.5 Å². The smallest absolute Gasteiger partial charge is 0.141 e. The monoisotopic (exact) mass is 332 g/mol. The van der Waals surface area contributed by atoms with Crippen LogP contribution in [-0.4, -0.2) is 22.7 Å². The van der Waals surface area contributed by atoms with Gasteiger partial charge in [-0.2, -0.15) is 5.26 Å². The van der Waals surface area contributed by atoms with Crippen molar-refractivity contribution < 1.29 is 18.3 Å². The number of nitrogens with zero attached hydrogens (tertiary/aromatic N) is 2. The van der Waals surface area contributed by atoms with Gasteiger partial charge in [0.05, 0.1) is 11.7 Å². The Balaban J connectivity index is 1.87. The minimum atomic E-state index is -0.666. The van der Waals surface area contributed by atoms with E-state index in [4.69, 9.17) is 5.26 Å². The average molecular weight is 332 g/mol. The van der Waals surface area contributed by atoms with Crippen molar-refractivity contribution >= 4 is 0 Å². The maximum Gasteiger partial charge on any atom is 0.141 e. The first-order chi connectivity index (χ1) is 11.5. The van der Waals surface area contributed by atoms with Crippen molar-refractivity contribution in [3.8, 4) is 6.07 Å². The molecule has 0 unspecified atom stereocenters. The summed E-state index contributed by atoms with van der Waals surface area (Å²) >= 11 is 0. The van der Waals surface area contributed by atoms with Gasteiger partial charge >= 0.3 is 0 Å². The van der Waals surface area contributed by atoms with Crippen molar-refractivity contribution in [2.45, 2.75) is 25.1 Å². The molecule has 2 atom stereocenters. The quantitative estimate of drug-likeness (QED) is 0.938. The zero-order valence-electron chi connectivity index (χ0n) is 12.7. The summed E-state index contributed by atoms with van der Waals surface area (Å²) < 4.78 is 41.3. The highest BCUT2D eigenvalue weighted by Crippen LogP contribution is 2.35. The summed E-state index contributed by atoms with van der Waals surface area (Å²) in [5.41, 5.74) is 0.732. The third kappa shape index (κ3) is 3.28. The Morgan fingerprint density at radius 2 is 1.92 bits per heavy atom. The standard InChI is InChI=1S/C18H15F3N2O/c19-13-3-4-16(20)15(6-13)18-7-14(24)10-23(18)9-11-1-2-12(8-22)17(21)5-11/h1-6,14,18,24H,7,9-10H2/t14-,18+/m0/s1. The Hall–Kier alpha value is -2.36. The molecule has 2 aromatic carbocycles. The van der Waals surface area contributed by atoms with E-state index in [1.54, 1.807) is 17.0 Å². The Bertz CT molecular complexity index is 803. The first-order valence-corrected chi connectivity index (χ1v) is 7.53. The van der Waals surface area contributed by atoms with Crippen molar-refractivity contribution in [3.05, 3.63) is 70.5 Å². The summed E-state index contributed by atoms with van der Waals surface area (Å²) in [5.74, 6) is -1.70. The minimum absolute atomic E-state index is 0.0482. The molecule has 0 amide bonds. The lowest BCUT2D eigenvalue weighted by molar-refractivity contribution is 0.172. The third-order valence-electron chi connectivity index (χ3n) is 4.24. The molecule has 1 fully saturated rings. The molecule has 1 heterocycles. The van der Waals surface area contributed by atoms with Crippen LogP contribution in [0.15, 0.2) is 36.4 Å². The third-order valence-corrected chi connectivity index (χ3v) is 4.24. The molecule has 2 aromatic rings. The van der Waals surface area contributed by atoms with E-state index in [1.807, 2.05) is 0 Å². The van der Waals surface area contributed by atoms with Crippen LogP contribution in [0.3, 0.4) is 0 Å². The van der Waals surface area contributed by atoms with Gasteiger partial charge in [0.15, 0.2) is 0 Å². The van der Waals surface area contributed by atoms with E-state index in [2.05, 4.69) is 0 Å². The first kappa shape index (κ1) is 16.5. The zero-order valence-corrected chi connectivity index (χ0v) is 12.7. The minimum Gasteiger partial charge on any atom is -0.392 e. The van der Waals surface area contributed by atoms with Crippen molar-refractivity contribution in [1.82, 2.24) is 4.90 Å². The van der Waals surface area contributed by atoms with E-state index >= 15 is 0 Å². The molecule has 1 aliphatic heterocycles. The number of rotatable bonds is 3. The van der Waals surface area contributed by atoms with Crippen LogP contribution in [0.1, 0.15) is 29.2 Å². The second-order valence-electron chi connectivity index (χ2n) is 5.93.